The molecule has 7 aromatic rings. The molecule has 22 nitrogen and oxygen atoms in total. The largest absolute Gasteiger partial charge is 0.461 e. The van der Waals surface area contributed by atoms with Gasteiger partial charge in [0.15, 0.2) is 28.7 Å². The number of esters is 2. The highest BCUT2D eigenvalue weighted by Crippen LogP contribution is 2.29. The van der Waals surface area contributed by atoms with Gasteiger partial charge < -0.3 is 31.6 Å². The zero-order valence-corrected chi connectivity index (χ0v) is 44.7. The number of pyridine rings is 1. The summed E-state index contributed by atoms with van der Waals surface area (Å²) in [5.74, 6) is -3.31. The van der Waals surface area contributed by atoms with E-state index >= 15 is 0 Å². The fraction of sp³-hybridized carbons (Fsp3) is 0.255. The van der Waals surface area contributed by atoms with Gasteiger partial charge in [0.05, 0.1) is 29.9 Å². The first-order valence-corrected chi connectivity index (χ1v) is 24.9. The molecule has 0 radical (unpaired) electrons. The van der Waals surface area contributed by atoms with E-state index in [1.54, 1.807) is 108 Å². The van der Waals surface area contributed by atoms with Crippen LogP contribution in [0.1, 0.15) is 123 Å². The summed E-state index contributed by atoms with van der Waals surface area (Å²) in [7, 11) is 0. The molecule has 7 rings (SSSR count). The maximum Gasteiger partial charge on any atom is 0.359 e. The minimum atomic E-state index is -0.767. The standard InChI is InChI=1S/C27H25N5O3.C17H18ClN3O4.C11H15N3O4/c1-2-32-27(35)25(30-21-10-6-9-20(17-21)26(28)34)23(24(31-32)19-13-15-29-16-14-19)22(33)12-11-18-7-4-3-5-8-18;1-4-21-16(23)14(19-12-8-6-7-11(18)9-12)13(10(3)22)15(20-21)17(24)25-5-2;1-4-14-10(16)8(12)7(6(3)15)9(13-14)11(17)18-5-2/h3-10,13-17,30H,2,11-12H2,1H3,(H2,28,34);6-9,19H,4-5H2,1-3H3;4-5,12H2,1-3H3. The van der Waals surface area contributed by atoms with Gasteiger partial charge in [-0.05, 0) is 109 Å². The van der Waals surface area contributed by atoms with Crippen molar-refractivity contribution in [2.45, 2.75) is 80.9 Å². The molecule has 3 aromatic carbocycles. The summed E-state index contributed by atoms with van der Waals surface area (Å²) in [4.78, 5) is 115. The number of ketones is 3. The maximum atomic E-state index is 13.6. The summed E-state index contributed by atoms with van der Waals surface area (Å²) in [6.07, 6.45) is 3.93. The number of nitrogen functional groups attached to an aromatic ring is 1. The average Bonchev–Trinajstić information content (AvgIpc) is 3.44. The number of hydrogen-bond donors (Lipinski definition) is 4. The zero-order valence-electron chi connectivity index (χ0n) is 43.9. The van der Waals surface area contributed by atoms with E-state index < -0.39 is 46.1 Å². The summed E-state index contributed by atoms with van der Waals surface area (Å²) in [6.45, 7) is 12.0. The molecule has 4 aromatic heterocycles. The summed E-state index contributed by atoms with van der Waals surface area (Å²) >= 11 is 5.96. The molecule has 23 heteroatoms. The molecule has 6 N–H and O–H groups in total. The number of nitrogens with two attached hydrogens (primary N) is 2. The van der Waals surface area contributed by atoms with Crippen molar-refractivity contribution in [1.29, 1.82) is 0 Å². The molecule has 1 amide bonds. The van der Waals surface area contributed by atoms with Gasteiger partial charge in [0.2, 0.25) is 5.91 Å². The Labute approximate surface area is 452 Å². The number of carbonyl (C=O) groups excluding carboxylic acids is 6. The van der Waals surface area contributed by atoms with E-state index in [4.69, 9.17) is 32.5 Å². The maximum absolute atomic E-state index is 13.6. The Bertz CT molecular complexity index is 3550. The number of primary amides is 1. The molecule has 0 saturated carbocycles. The third-order valence-corrected chi connectivity index (χ3v) is 11.5. The fourth-order valence-corrected chi connectivity index (χ4v) is 7.80. The molecule has 0 unspecified atom stereocenters. The van der Waals surface area contributed by atoms with Gasteiger partial charge in [0, 0.05) is 66.0 Å². The third-order valence-electron chi connectivity index (χ3n) is 11.3. The molecule has 0 atom stereocenters. The number of nitrogens with zero attached hydrogens (tertiary/aromatic N) is 7. The van der Waals surface area contributed by atoms with Crippen LogP contribution in [0.4, 0.5) is 28.4 Å². The Morgan fingerprint density at radius 2 is 1.10 bits per heavy atom. The Morgan fingerprint density at radius 3 is 1.62 bits per heavy atom. The third kappa shape index (κ3) is 14.7. The van der Waals surface area contributed by atoms with Crippen LogP contribution < -0.4 is 38.8 Å². The van der Waals surface area contributed by atoms with Crippen LogP contribution in [0.3, 0.4) is 0 Å². The molecule has 0 bridgehead atoms. The van der Waals surface area contributed by atoms with Gasteiger partial charge in [-0.25, -0.2) is 23.6 Å². The van der Waals surface area contributed by atoms with Crippen molar-refractivity contribution in [3.8, 4) is 11.3 Å². The minimum Gasteiger partial charge on any atom is -0.461 e. The van der Waals surface area contributed by atoms with Crippen LogP contribution >= 0.6 is 11.6 Å². The van der Waals surface area contributed by atoms with Crippen LogP contribution in [0.5, 0.6) is 0 Å². The Morgan fingerprint density at radius 1 is 0.603 bits per heavy atom. The van der Waals surface area contributed by atoms with E-state index in [0.29, 0.717) is 40.6 Å². The quantitative estimate of drug-likeness (QED) is 0.0458. The van der Waals surface area contributed by atoms with Crippen molar-refractivity contribution < 1.29 is 38.2 Å². The summed E-state index contributed by atoms with van der Waals surface area (Å²) < 4.78 is 13.2. The number of carbonyl (C=O) groups is 6. The lowest BCUT2D eigenvalue weighted by Gasteiger charge is -2.17. The van der Waals surface area contributed by atoms with Gasteiger partial charge in [-0.1, -0.05) is 54.1 Å². The van der Waals surface area contributed by atoms with Crippen LogP contribution in [-0.4, -0.2) is 82.7 Å². The second-order valence-electron chi connectivity index (χ2n) is 16.6. The molecule has 0 spiro atoms. The smallest absolute Gasteiger partial charge is 0.359 e. The number of halogens is 1. The molecule has 0 aliphatic rings. The number of benzene rings is 3. The zero-order chi connectivity index (χ0) is 57.2. The van der Waals surface area contributed by atoms with Crippen molar-refractivity contribution in [3.05, 3.63) is 179 Å². The highest BCUT2D eigenvalue weighted by Gasteiger charge is 2.28. The predicted molar refractivity (Wildman–Crippen MR) is 294 cm³/mol. The lowest BCUT2D eigenvalue weighted by Crippen LogP contribution is -2.31. The van der Waals surface area contributed by atoms with E-state index in [2.05, 4.69) is 30.9 Å². The highest BCUT2D eigenvalue weighted by molar-refractivity contribution is 6.30. The number of rotatable bonds is 19. The number of Topliss-reactive ketones (excluding diaryl/α,β-unsaturated/α-hetero) is 3. The summed E-state index contributed by atoms with van der Waals surface area (Å²) in [6, 6.07) is 26.3. The Balaban J connectivity index is 0.000000229. The van der Waals surface area contributed by atoms with E-state index in [0.717, 1.165) is 14.9 Å². The van der Waals surface area contributed by atoms with E-state index in [9.17, 15) is 43.2 Å². The van der Waals surface area contributed by atoms with Gasteiger partial charge in [-0.3, -0.25) is 38.5 Å². The van der Waals surface area contributed by atoms with Crippen molar-refractivity contribution in [1.82, 2.24) is 34.3 Å². The molecule has 0 aliphatic carbocycles. The first kappa shape index (κ1) is 59.4. The van der Waals surface area contributed by atoms with Crippen molar-refractivity contribution in [2.24, 2.45) is 5.73 Å². The molecule has 4 heterocycles. The van der Waals surface area contributed by atoms with Crippen molar-refractivity contribution >= 4 is 75.2 Å². The second-order valence-corrected chi connectivity index (χ2v) is 17.0. The summed E-state index contributed by atoms with van der Waals surface area (Å²) in [5.41, 5.74) is 12.1. The fourth-order valence-electron chi connectivity index (χ4n) is 7.61. The SMILES string of the molecule is CCOC(=O)c1nn(CC)c(=O)c(N)c1C(C)=O.CCOC(=O)c1nn(CC)c(=O)c(Nc2cccc(Cl)c2)c1C(C)=O.CCn1nc(-c2ccncc2)c(C(=O)CCc2ccccc2)c(Nc2cccc(C(N)=O)c2)c1=O. The number of ether oxygens (including phenoxy) is 2. The highest BCUT2D eigenvalue weighted by atomic mass is 35.5. The van der Waals surface area contributed by atoms with E-state index in [1.807, 2.05) is 30.3 Å². The molecular weight excluding hydrogens is 1030 g/mol. The molecule has 0 aliphatic heterocycles. The monoisotopic (exact) mass is 1080 g/mol. The number of anilines is 5. The van der Waals surface area contributed by atoms with E-state index in [1.165, 1.54) is 18.5 Å². The van der Waals surface area contributed by atoms with Crippen LogP contribution in [0.15, 0.2) is 118 Å². The van der Waals surface area contributed by atoms with Gasteiger partial charge in [0.1, 0.15) is 22.8 Å². The van der Waals surface area contributed by atoms with E-state index in [-0.39, 0.29) is 89.2 Å². The topological polar surface area (TPSA) is 315 Å². The van der Waals surface area contributed by atoms with Gasteiger partial charge in [0.25, 0.3) is 16.7 Å². The minimum absolute atomic E-state index is 0.0327. The lowest BCUT2D eigenvalue weighted by molar-refractivity contribution is 0.0504. The van der Waals surface area contributed by atoms with Gasteiger partial charge >= 0.3 is 11.9 Å². The average molecular weight is 1080 g/mol. The number of amides is 1. The van der Waals surface area contributed by atoms with Gasteiger partial charge in [-0.2, -0.15) is 15.3 Å². The number of nitrogens with one attached hydrogen (secondary N) is 2. The molecule has 0 saturated heterocycles. The van der Waals surface area contributed by atoms with Gasteiger partial charge in [-0.15, -0.1) is 0 Å². The second kappa shape index (κ2) is 27.9. The number of aryl methyl sites for hydroxylation is 4. The first-order valence-electron chi connectivity index (χ1n) is 24.5. The Kier molecular flexibility index (Phi) is 21.3. The molecule has 0 fully saturated rings. The van der Waals surface area contributed by atoms with Crippen molar-refractivity contribution in [3.63, 3.8) is 0 Å². The molecular formula is C55H58ClN11O11. The molecule has 406 valence electrons. The molecule has 78 heavy (non-hydrogen) atoms. The van der Waals surface area contributed by atoms with Crippen LogP contribution in [0, 0.1) is 0 Å². The predicted octanol–water partition coefficient (Wildman–Crippen LogP) is 7.25. The Hall–Kier alpha value is -9.44. The lowest BCUT2D eigenvalue weighted by atomic mass is 9.97. The van der Waals surface area contributed by atoms with Crippen molar-refractivity contribution in [2.75, 3.05) is 29.6 Å². The number of aromatic nitrogens is 7. The van der Waals surface area contributed by atoms with Crippen LogP contribution in [0.25, 0.3) is 11.3 Å². The summed E-state index contributed by atoms with van der Waals surface area (Å²) in [5, 5.41) is 18.8. The van der Waals surface area contributed by atoms with Crippen LogP contribution in [-0.2, 0) is 35.5 Å². The first-order chi connectivity index (χ1) is 37.3. The normalized spacial score (nSPS) is 10.5. The number of hydrogen-bond acceptors (Lipinski definition) is 18. The van der Waals surface area contributed by atoms with Crippen LogP contribution in [0.2, 0.25) is 5.02 Å².